The molecule has 4 aromatic heterocycles. The van der Waals surface area contributed by atoms with Crippen LogP contribution in [0, 0.1) is 0 Å². The molecule has 0 unspecified atom stereocenters. The minimum Gasteiger partial charge on any atom is -0.307 e. The second-order valence-electron chi connectivity index (χ2n) is 15.8. The predicted octanol–water partition coefficient (Wildman–Crippen LogP) is 12.8. The van der Waals surface area contributed by atoms with E-state index in [0.717, 1.165) is 55.2 Å². The Morgan fingerprint density at radius 3 is 1.90 bits per heavy atom. The summed E-state index contributed by atoms with van der Waals surface area (Å²) >= 11 is 0. The molecule has 7 aromatic carbocycles. The average Bonchev–Trinajstić information content (AvgIpc) is 3.90. The van der Waals surface area contributed by atoms with Crippen molar-refractivity contribution in [1.82, 2.24) is 29.1 Å². The van der Waals surface area contributed by atoms with Gasteiger partial charge in [-0.25, -0.2) is 4.98 Å². The Kier molecular flexibility index (Phi) is 7.17. The Labute approximate surface area is 340 Å². The van der Waals surface area contributed by atoms with Crippen molar-refractivity contribution in [3.8, 4) is 56.7 Å². The molecular formula is C53H36N6. The van der Waals surface area contributed by atoms with E-state index in [1.165, 1.54) is 38.8 Å². The first-order chi connectivity index (χ1) is 29.1. The van der Waals surface area contributed by atoms with Crippen LogP contribution in [0.5, 0.6) is 0 Å². The van der Waals surface area contributed by atoms with E-state index < -0.39 is 0 Å². The summed E-state index contributed by atoms with van der Waals surface area (Å²) in [4.78, 5) is 20.8. The molecule has 6 nitrogen and oxygen atoms in total. The summed E-state index contributed by atoms with van der Waals surface area (Å²) in [5.74, 6) is 1.74. The molecule has 0 atom stereocenters. The molecule has 0 saturated carbocycles. The lowest BCUT2D eigenvalue weighted by atomic mass is 9.82. The van der Waals surface area contributed by atoms with Crippen molar-refractivity contribution in [2.24, 2.45) is 0 Å². The van der Waals surface area contributed by atoms with Crippen molar-refractivity contribution in [1.29, 1.82) is 0 Å². The lowest BCUT2D eigenvalue weighted by Crippen LogP contribution is -2.14. The summed E-state index contributed by atoms with van der Waals surface area (Å²) in [5, 5.41) is 3.40. The lowest BCUT2D eigenvalue weighted by molar-refractivity contribution is 0.660. The van der Waals surface area contributed by atoms with E-state index in [1.807, 2.05) is 30.5 Å². The quantitative estimate of drug-likeness (QED) is 0.175. The van der Waals surface area contributed by atoms with Crippen LogP contribution < -0.4 is 0 Å². The number of pyridine rings is 1. The summed E-state index contributed by atoms with van der Waals surface area (Å²) in [6, 6.07) is 62.1. The number of hydrogen-bond acceptors (Lipinski definition) is 4. The van der Waals surface area contributed by atoms with Crippen LogP contribution in [0.1, 0.15) is 25.0 Å². The number of benzene rings is 7. The molecule has 1 aliphatic rings. The lowest BCUT2D eigenvalue weighted by Gasteiger charge is -2.21. The molecule has 59 heavy (non-hydrogen) atoms. The van der Waals surface area contributed by atoms with Gasteiger partial charge in [-0.05, 0) is 75.8 Å². The van der Waals surface area contributed by atoms with Crippen molar-refractivity contribution >= 4 is 43.7 Å². The van der Waals surface area contributed by atoms with Gasteiger partial charge in [0.05, 0.1) is 33.3 Å². The van der Waals surface area contributed by atoms with Crippen LogP contribution in [0.3, 0.4) is 0 Å². The first-order valence-corrected chi connectivity index (χ1v) is 20.1. The second kappa shape index (κ2) is 12.7. The number of rotatable bonds is 5. The number of para-hydroxylation sites is 3. The van der Waals surface area contributed by atoms with Gasteiger partial charge in [0.25, 0.3) is 0 Å². The van der Waals surface area contributed by atoms with Crippen LogP contribution in [0.25, 0.3) is 100 Å². The highest BCUT2D eigenvalue weighted by molar-refractivity contribution is 6.17. The van der Waals surface area contributed by atoms with E-state index in [1.54, 1.807) is 0 Å². The summed E-state index contributed by atoms with van der Waals surface area (Å²) < 4.78 is 4.50. The minimum atomic E-state index is -0.106. The number of fused-ring (bicyclic) bond motifs is 9. The number of nitrogens with zero attached hydrogens (tertiary/aromatic N) is 6. The monoisotopic (exact) mass is 756 g/mol. The fraction of sp³-hybridized carbons (Fsp3) is 0.0566. The van der Waals surface area contributed by atoms with Crippen LogP contribution in [-0.4, -0.2) is 29.1 Å². The maximum Gasteiger partial charge on any atom is 0.238 e. The van der Waals surface area contributed by atoms with Crippen LogP contribution in [0.2, 0.25) is 0 Å². The maximum atomic E-state index is 5.42. The zero-order valence-electron chi connectivity index (χ0n) is 32.5. The fourth-order valence-electron chi connectivity index (χ4n) is 9.64. The predicted molar refractivity (Wildman–Crippen MR) is 240 cm³/mol. The molecule has 278 valence electrons. The van der Waals surface area contributed by atoms with Crippen LogP contribution >= 0.6 is 0 Å². The third kappa shape index (κ3) is 4.87. The molecule has 0 amide bonds. The molecule has 1 aliphatic carbocycles. The number of aromatic nitrogens is 6. The van der Waals surface area contributed by atoms with Gasteiger partial charge in [-0.2, -0.15) is 9.97 Å². The molecule has 0 spiro atoms. The first-order valence-electron chi connectivity index (χ1n) is 20.1. The van der Waals surface area contributed by atoms with E-state index in [0.29, 0.717) is 17.6 Å². The Morgan fingerprint density at radius 1 is 0.424 bits per heavy atom. The van der Waals surface area contributed by atoms with Gasteiger partial charge in [0, 0.05) is 38.9 Å². The Morgan fingerprint density at radius 2 is 1.03 bits per heavy atom. The van der Waals surface area contributed by atoms with Crippen molar-refractivity contribution in [2.45, 2.75) is 19.3 Å². The van der Waals surface area contributed by atoms with E-state index in [-0.39, 0.29) is 5.41 Å². The van der Waals surface area contributed by atoms with Gasteiger partial charge in [-0.3, -0.25) is 9.55 Å². The molecule has 0 bridgehead atoms. The topological polar surface area (TPSA) is 61.4 Å². The molecular weight excluding hydrogens is 721 g/mol. The zero-order chi connectivity index (χ0) is 39.2. The van der Waals surface area contributed by atoms with E-state index in [4.69, 9.17) is 19.9 Å². The number of hydrogen-bond donors (Lipinski definition) is 0. The van der Waals surface area contributed by atoms with Gasteiger partial charge in [-0.1, -0.05) is 147 Å². The fourth-order valence-corrected chi connectivity index (χ4v) is 9.64. The van der Waals surface area contributed by atoms with Crippen LogP contribution in [0.4, 0.5) is 0 Å². The van der Waals surface area contributed by atoms with Gasteiger partial charge < -0.3 is 4.57 Å². The highest BCUT2D eigenvalue weighted by Crippen LogP contribution is 2.53. The van der Waals surface area contributed by atoms with Gasteiger partial charge in [0.15, 0.2) is 11.6 Å². The summed E-state index contributed by atoms with van der Waals surface area (Å²) in [6.07, 6.45) is 1.86. The van der Waals surface area contributed by atoms with E-state index in [9.17, 15) is 0 Å². The van der Waals surface area contributed by atoms with Crippen molar-refractivity contribution in [3.05, 3.63) is 193 Å². The average molecular weight is 757 g/mol. The third-order valence-corrected chi connectivity index (χ3v) is 12.3. The molecule has 12 rings (SSSR count). The molecule has 0 saturated heterocycles. The molecule has 4 heterocycles. The third-order valence-electron chi connectivity index (χ3n) is 12.3. The van der Waals surface area contributed by atoms with Gasteiger partial charge in [-0.15, -0.1) is 0 Å². The normalized spacial score (nSPS) is 13.1. The van der Waals surface area contributed by atoms with E-state index in [2.05, 4.69) is 175 Å². The summed E-state index contributed by atoms with van der Waals surface area (Å²) in [6.45, 7) is 4.68. The molecule has 0 N–H and O–H groups in total. The largest absolute Gasteiger partial charge is 0.307 e. The first kappa shape index (κ1) is 33.4. The van der Waals surface area contributed by atoms with Gasteiger partial charge in [0.1, 0.15) is 0 Å². The Hall–Kier alpha value is -7.70. The molecule has 0 aliphatic heterocycles. The zero-order valence-corrected chi connectivity index (χ0v) is 32.5. The van der Waals surface area contributed by atoms with Crippen molar-refractivity contribution < 1.29 is 0 Å². The Bertz CT molecular complexity index is 3430. The van der Waals surface area contributed by atoms with Crippen molar-refractivity contribution in [3.63, 3.8) is 0 Å². The molecule has 0 radical (unpaired) electrons. The molecule has 11 aromatic rings. The van der Waals surface area contributed by atoms with Crippen molar-refractivity contribution in [2.75, 3.05) is 0 Å². The van der Waals surface area contributed by atoms with E-state index >= 15 is 0 Å². The molecule has 0 fully saturated rings. The summed E-state index contributed by atoms with van der Waals surface area (Å²) in [5.41, 5.74) is 15.5. The molecule has 6 heteroatoms. The summed E-state index contributed by atoms with van der Waals surface area (Å²) in [7, 11) is 0. The van der Waals surface area contributed by atoms with Gasteiger partial charge in [0.2, 0.25) is 5.95 Å². The van der Waals surface area contributed by atoms with Crippen LogP contribution in [0.15, 0.2) is 182 Å². The Balaban J connectivity index is 1.14. The maximum absolute atomic E-state index is 5.42. The van der Waals surface area contributed by atoms with Crippen LogP contribution in [-0.2, 0) is 5.41 Å². The highest BCUT2D eigenvalue weighted by atomic mass is 15.2. The minimum absolute atomic E-state index is 0.106. The second-order valence-corrected chi connectivity index (χ2v) is 15.8. The smallest absolute Gasteiger partial charge is 0.238 e. The highest BCUT2D eigenvalue weighted by Gasteiger charge is 2.37. The SMILES string of the molecule is CC1(C)c2ccccc2-c2c(-c3cccc4c3c3ccccc3n4-c3nc(-c4ccccc4)nc(-c4ccccc4-n4c5ccccc5c5ncccc54)n3)cccc21. The van der Waals surface area contributed by atoms with Gasteiger partial charge >= 0.3 is 0 Å². The standard InChI is InChI=1S/C53H36N6/c1-53(2)40-25-10-6-19-36(40)47-34(23-14-26-41(47)53)35-24-15-30-45-48(35)37-20-7-11-27-42(37)59(45)52-56-50(33-17-4-3-5-18-33)55-51(57-52)39-22-9-13-29-44(39)58-43-28-12-8-21-38(43)49-46(58)31-16-32-54-49/h3-32H,1-2H3.